The zero-order valence-corrected chi connectivity index (χ0v) is 23.3. The average molecular weight is 615 g/mol. The maximum absolute atomic E-state index is 13.9. The first-order valence-electron chi connectivity index (χ1n) is 13.9. The fourth-order valence-corrected chi connectivity index (χ4v) is 6.86. The molecule has 3 N–H and O–H groups in total. The predicted molar refractivity (Wildman–Crippen MR) is 153 cm³/mol. The molecule has 1 saturated carbocycles. The molecule has 226 valence electrons. The number of hydrogen-bond acceptors (Lipinski definition) is 6. The number of aromatic nitrogens is 2. The van der Waals surface area contributed by atoms with Crippen LogP contribution in [0.3, 0.4) is 0 Å². The number of likely N-dealkylation sites (tertiary alicyclic amines) is 1. The van der Waals surface area contributed by atoms with Crippen molar-refractivity contribution in [3.8, 4) is 0 Å². The number of fused-ring (bicyclic) bond motifs is 3. The number of H-pyrrole nitrogens is 2. The fourth-order valence-electron chi connectivity index (χ4n) is 6.86. The highest BCUT2D eigenvalue weighted by molar-refractivity contribution is 6.12. The number of carbonyl (C=O) groups excluding carboxylic acids is 4. The van der Waals surface area contributed by atoms with Gasteiger partial charge in [-0.3, -0.25) is 14.4 Å². The molecule has 0 bridgehead atoms. The number of aromatic amines is 2. The molecule has 3 aliphatic rings. The summed E-state index contributed by atoms with van der Waals surface area (Å²) in [4.78, 5) is 58.9. The van der Waals surface area contributed by atoms with Crippen molar-refractivity contribution in [2.24, 2.45) is 5.92 Å². The van der Waals surface area contributed by atoms with Crippen LogP contribution in [0.15, 0.2) is 70.8 Å². The van der Waals surface area contributed by atoms with Gasteiger partial charge in [0.25, 0.3) is 11.8 Å². The van der Waals surface area contributed by atoms with Gasteiger partial charge in [0.2, 0.25) is 5.78 Å². The first-order valence-corrected chi connectivity index (χ1v) is 13.9. The highest BCUT2D eigenvalue weighted by Gasteiger charge is 2.69. The van der Waals surface area contributed by atoms with Gasteiger partial charge in [-0.25, -0.2) is 4.79 Å². The standard InChI is InChI=1S/C32H21F3N4O6/c1-44-30(43)24-25-26(38-27(24)32(33,34)35)20(40)11-23-31(25)12-16(31)13-39(23)29(42)19-9-15-8-17(6-7-18(15)37-19)36-28(41)22-10-14-4-2-3-5-21(14)45-22/h2-11,16,37-38H,12-13H2,1H3,(H,36,41)/t16-,31+/m1/s1. The molecule has 8 rings (SSSR count). The van der Waals surface area contributed by atoms with Gasteiger partial charge < -0.3 is 29.3 Å². The summed E-state index contributed by atoms with van der Waals surface area (Å²) in [5.41, 5.74) is -1.46. The maximum Gasteiger partial charge on any atom is 0.432 e. The van der Waals surface area contributed by atoms with Crippen LogP contribution in [0, 0.1) is 5.92 Å². The van der Waals surface area contributed by atoms with E-state index < -0.39 is 46.4 Å². The van der Waals surface area contributed by atoms with Gasteiger partial charge in [-0.05, 0) is 48.7 Å². The molecule has 4 heterocycles. The van der Waals surface area contributed by atoms with Gasteiger partial charge in [0, 0.05) is 51.3 Å². The highest BCUT2D eigenvalue weighted by Crippen LogP contribution is 2.68. The van der Waals surface area contributed by atoms with E-state index in [2.05, 4.69) is 20.0 Å². The number of piperidine rings is 1. The van der Waals surface area contributed by atoms with Crippen molar-refractivity contribution in [2.75, 3.05) is 19.0 Å². The number of furan rings is 1. The van der Waals surface area contributed by atoms with Gasteiger partial charge >= 0.3 is 12.1 Å². The number of methoxy groups -OCH3 is 1. The Labute approximate surface area is 250 Å². The Morgan fingerprint density at radius 2 is 1.87 bits per heavy atom. The average Bonchev–Trinajstić information content (AvgIpc) is 3.48. The summed E-state index contributed by atoms with van der Waals surface area (Å²) in [7, 11) is 0.974. The molecule has 0 radical (unpaired) electrons. The number of amides is 2. The molecule has 45 heavy (non-hydrogen) atoms. The normalized spacial score (nSPS) is 20.1. The quantitative estimate of drug-likeness (QED) is 0.219. The van der Waals surface area contributed by atoms with Crippen LogP contribution < -0.4 is 5.32 Å². The predicted octanol–water partition coefficient (Wildman–Crippen LogP) is 5.79. The molecule has 2 fully saturated rings. The van der Waals surface area contributed by atoms with Crippen molar-refractivity contribution in [2.45, 2.75) is 18.0 Å². The number of ketones is 1. The molecule has 3 aromatic heterocycles. The molecule has 5 aromatic rings. The monoisotopic (exact) mass is 614 g/mol. The minimum atomic E-state index is -4.94. The van der Waals surface area contributed by atoms with E-state index in [9.17, 15) is 32.3 Å². The second kappa shape index (κ2) is 8.97. The molecule has 1 saturated heterocycles. The number of nitrogens with zero attached hydrogens (tertiary/aromatic N) is 1. The van der Waals surface area contributed by atoms with Crippen molar-refractivity contribution in [1.29, 1.82) is 0 Å². The van der Waals surface area contributed by atoms with Gasteiger partial charge in [0.05, 0.1) is 18.4 Å². The molecular formula is C32H21F3N4O6. The second-order valence-corrected chi connectivity index (χ2v) is 11.4. The summed E-state index contributed by atoms with van der Waals surface area (Å²) < 4.78 is 52.1. The van der Waals surface area contributed by atoms with Crippen molar-refractivity contribution >= 4 is 51.1 Å². The third-order valence-corrected chi connectivity index (χ3v) is 8.89. The molecule has 2 aliphatic carbocycles. The number of nitrogens with one attached hydrogen (secondary N) is 3. The van der Waals surface area contributed by atoms with E-state index in [-0.39, 0.29) is 40.9 Å². The third kappa shape index (κ3) is 3.82. The molecule has 10 nitrogen and oxygen atoms in total. The minimum absolute atomic E-state index is 0.0639. The van der Waals surface area contributed by atoms with E-state index in [4.69, 9.17) is 4.42 Å². The Balaban J connectivity index is 1.09. The van der Waals surface area contributed by atoms with Crippen LogP contribution in [-0.4, -0.2) is 52.1 Å². The Morgan fingerprint density at radius 3 is 2.62 bits per heavy atom. The van der Waals surface area contributed by atoms with Gasteiger partial charge in [-0.2, -0.15) is 13.2 Å². The number of ether oxygens (including phenoxy) is 1. The lowest BCUT2D eigenvalue weighted by Crippen LogP contribution is -2.34. The van der Waals surface area contributed by atoms with Gasteiger partial charge in [0.1, 0.15) is 17.0 Å². The van der Waals surface area contributed by atoms with Crippen molar-refractivity contribution in [3.63, 3.8) is 0 Å². The number of hydrogen-bond donors (Lipinski definition) is 3. The number of halogens is 3. The van der Waals surface area contributed by atoms with Crippen LogP contribution in [0.4, 0.5) is 18.9 Å². The second-order valence-electron chi connectivity index (χ2n) is 11.4. The van der Waals surface area contributed by atoms with Crippen LogP contribution >= 0.6 is 0 Å². The molecule has 2 amide bonds. The lowest BCUT2D eigenvalue weighted by molar-refractivity contribution is -0.141. The number of rotatable bonds is 4. The Hall–Kier alpha value is -5.59. The largest absolute Gasteiger partial charge is 0.465 e. The summed E-state index contributed by atoms with van der Waals surface area (Å²) in [5, 5.41) is 4.19. The van der Waals surface area contributed by atoms with E-state index in [0.717, 1.165) is 12.5 Å². The zero-order valence-electron chi connectivity index (χ0n) is 23.3. The molecular weight excluding hydrogens is 593 g/mol. The van der Waals surface area contributed by atoms with Gasteiger partial charge in [0.15, 0.2) is 5.76 Å². The molecule has 0 unspecified atom stereocenters. The first-order chi connectivity index (χ1) is 21.5. The summed E-state index contributed by atoms with van der Waals surface area (Å²) >= 11 is 0. The van der Waals surface area contributed by atoms with Crippen molar-refractivity contribution in [1.82, 2.24) is 14.9 Å². The number of carbonyl (C=O) groups is 4. The summed E-state index contributed by atoms with van der Waals surface area (Å²) in [6, 6.07) is 15.5. The smallest absolute Gasteiger partial charge is 0.432 e. The van der Waals surface area contributed by atoms with E-state index in [1.165, 1.54) is 11.0 Å². The molecule has 1 spiro atoms. The van der Waals surface area contributed by atoms with Crippen LogP contribution in [0.1, 0.15) is 59.6 Å². The third-order valence-electron chi connectivity index (χ3n) is 8.89. The van der Waals surface area contributed by atoms with E-state index in [1.807, 2.05) is 12.1 Å². The SMILES string of the molecule is COC(=O)c1c(C(F)(F)F)[nH]c2c1[C@@]13C[C@@H]1CN(C(=O)c1cc4cc(NC(=O)c5cc6ccccc6o5)ccc4[nH]1)C3=CC2=O. The lowest BCUT2D eigenvalue weighted by atomic mass is 9.82. The minimum Gasteiger partial charge on any atom is -0.465 e. The summed E-state index contributed by atoms with van der Waals surface area (Å²) in [6.07, 6.45) is -3.38. The van der Waals surface area contributed by atoms with Gasteiger partial charge in [-0.15, -0.1) is 0 Å². The Morgan fingerprint density at radius 1 is 1.07 bits per heavy atom. The van der Waals surface area contributed by atoms with E-state index >= 15 is 0 Å². The van der Waals surface area contributed by atoms with Crippen LogP contribution in [-0.2, 0) is 16.3 Å². The number of allylic oxidation sites excluding steroid dienone is 2. The Bertz CT molecular complexity index is 2150. The number of alkyl halides is 3. The number of anilines is 1. The lowest BCUT2D eigenvalue weighted by Gasteiger charge is -2.28. The fraction of sp³-hybridized carbons (Fsp3) is 0.188. The molecule has 2 atom stereocenters. The molecule has 2 aromatic carbocycles. The zero-order chi connectivity index (χ0) is 31.4. The number of benzene rings is 2. The molecule has 1 aliphatic heterocycles. The maximum atomic E-state index is 13.9. The number of esters is 1. The van der Waals surface area contributed by atoms with E-state index in [0.29, 0.717) is 28.6 Å². The topological polar surface area (TPSA) is 138 Å². The van der Waals surface area contributed by atoms with Crippen LogP contribution in [0.2, 0.25) is 0 Å². The van der Waals surface area contributed by atoms with E-state index in [1.54, 1.807) is 42.5 Å². The van der Waals surface area contributed by atoms with Crippen molar-refractivity contribution in [3.05, 3.63) is 100 Å². The molecule has 13 heteroatoms. The number of para-hydroxylation sites is 1. The summed E-state index contributed by atoms with van der Waals surface area (Å²) in [5.74, 6) is -3.06. The van der Waals surface area contributed by atoms with Crippen LogP contribution in [0.5, 0.6) is 0 Å². The highest BCUT2D eigenvalue weighted by atomic mass is 19.4. The van der Waals surface area contributed by atoms with Crippen LogP contribution in [0.25, 0.3) is 21.9 Å². The first kappa shape index (κ1) is 27.0. The van der Waals surface area contributed by atoms with Gasteiger partial charge in [-0.1, -0.05) is 18.2 Å². The summed E-state index contributed by atoms with van der Waals surface area (Å²) in [6.45, 7) is 0.151. The Kier molecular flexibility index (Phi) is 5.38. The van der Waals surface area contributed by atoms with Crippen molar-refractivity contribution < 1.29 is 41.5 Å².